The first kappa shape index (κ1) is 17.4. The minimum Gasteiger partial charge on any atom is -0.317 e. The van der Waals surface area contributed by atoms with Gasteiger partial charge in [-0.2, -0.15) is 0 Å². The Morgan fingerprint density at radius 1 is 1.32 bits per heavy atom. The van der Waals surface area contributed by atoms with E-state index in [9.17, 15) is 8.42 Å². The van der Waals surface area contributed by atoms with Gasteiger partial charge in [-0.15, -0.1) is 0 Å². The number of nitrogens with zero attached hydrogens (tertiary/aromatic N) is 2. The molecule has 1 aromatic rings. The third-order valence-corrected chi connectivity index (χ3v) is 5.97. The summed E-state index contributed by atoms with van der Waals surface area (Å²) in [6.07, 6.45) is 5.12. The highest BCUT2D eigenvalue weighted by atomic mass is 32.2. The van der Waals surface area contributed by atoms with E-state index in [1.165, 1.54) is 0 Å². The summed E-state index contributed by atoms with van der Waals surface area (Å²) < 4.78 is 23.7. The third-order valence-electron chi connectivity index (χ3n) is 4.28. The van der Waals surface area contributed by atoms with Crippen LogP contribution >= 0.6 is 0 Å². The van der Waals surface area contributed by atoms with E-state index in [4.69, 9.17) is 0 Å². The highest BCUT2D eigenvalue weighted by molar-refractivity contribution is 7.91. The molecule has 0 radical (unpaired) electrons. The molecule has 0 bridgehead atoms. The fourth-order valence-electron chi connectivity index (χ4n) is 2.86. The maximum absolute atomic E-state index is 11.9. The number of aromatic nitrogens is 1. The molecule has 6 heteroatoms. The molecule has 1 unspecified atom stereocenters. The van der Waals surface area contributed by atoms with Gasteiger partial charge in [0.05, 0.1) is 11.4 Å². The van der Waals surface area contributed by atoms with Gasteiger partial charge in [0.25, 0.3) is 0 Å². The molecular weight excluding hydrogens is 298 g/mol. The van der Waals surface area contributed by atoms with Crippen molar-refractivity contribution < 1.29 is 8.42 Å². The fraction of sp³-hybridized carbons (Fsp3) is 0.688. The van der Waals surface area contributed by atoms with E-state index < -0.39 is 9.84 Å². The summed E-state index contributed by atoms with van der Waals surface area (Å²) in [7, 11) is -2.93. The molecule has 1 saturated heterocycles. The van der Waals surface area contributed by atoms with Crippen molar-refractivity contribution >= 4 is 9.84 Å². The molecule has 0 aliphatic carbocycles. The molecule has 1 aliphatic rings. The number of nitrogens with one attached hydrogen (secondary N) is 1. The van der Waals surface area contributed by atoms with Crippen molar-refractivity contribution in [3.8, 4) is 0 Å². The predicted octanol–water partition coefficient (Wildman–Crippen LogP) is 1.46. The lowest BCUT2D eigenvalue weighted by Gasteiger charge is -2.30. The van der Waals surface area contributed by atoms with Gasteiger partial charge in [-0.3, -0.25) is 9.88 Å². The van der Waals surface area contributed by atoms with Gasteiger partial charge in [0.1, 0.15) is 0 Å². The van der Waals surface area contributed by atoms with Crippen LogP contribution in [-0.4, -0.2) is 55.5 Å². The lowest BCUT2D eigenvalue weighted by atomic mass is 10.1. The van der Waals surface area contributed by atoms with Gasteiger partial charge in [0.2, 0.25) is 0 Å². The summed E-state index contributed by atoms with van der Waals surface area (Å²) in [6.45, 7) is 5.10. The molecule has 1 atom stereocenters. The van der Waals surface area contributed by atoms with E-state index in [1.54, 1.807) is 13.1 Å². The van der Waals surface area contributed by atoms with Crippen LogP contribution in [0.5, 0.6) is 0 Å². The Bertz CT molecular complexity index is 526. The average Bonchev–Trinajstić information content (AvgIpc) is 2.81. The summed E-state index contributed by atoms with van der Waals surface area (Å²) in [6, 6.07) is 6.34. The van der Waals surface area contributed by atoms with Gasteiger partial charge in [0, 0.05) is 31.1 Å². The van der Waals surface area contributed by atoms with E-state index in [0.717, 1.165) is 44.6 Å². The monoisotopic (exact) mass is 325 g/mol. The first-order valence-electron chi connectivity index (χ1n) is 8.16. The van der Waals surface area contributed by atoms with E-state index in [0.29, 0.717) is 12.6 Å². The van der Waals surface area contributed by atoms with Crippen LogP contribution in [0.3, 0.4) is 0 Å². The summed E-state index contributed by atoms with van der Waals surface area (Å²) in [5.41, 5.74) is 1.01. The van der Waals surface area contributed by atoms with Crippen molar-refractivity contribution in [2.24, 2.45) is 0 Å². The fourth-order valence-corrected chi connectivity index (χ4v) is 3.66. The average molecular weight is 325 g/mol. The topological polar surface area (TPSA) is 62.3 Å². The molecule has 5 nitrogen and oxygen atoms in total. The second-order valence-electron chi connectivity index (χ2n) is 5.86. The molecular formula is C16H27N3O2S. The normalized spacial score (nSPS) is 20.0. The Hall–Kier alpha value is -0.980. The van der Waals surface area contributed by atoms with E-state index in [1.807, 2.05) is 18.2 Å². The largest absolute Gasteiger partial charge is 0.317 e. The summed E-state index contributed by atoms with van der Waals surface area (Å²) in [5, 5.41) is 3.42. The smallest absolute Gasteiger partial charge is 0.151 e. The van der Waals surface area contributed by atoms with Gasteiger partial charge in [0.15, 0.2) is 9.84 Å². The zero-order valence-electron chi connectivity index (χ0n) is 13.4. The van der Waals surface area contributed by atoms with E-state index in [2.05, 4.69) is 15.2 Å². The molecule has 1 aromatic heterocycles. The van der Waals surface area contributed by atoms with Crippen LogP contribution in [0.25, 0.3) is 0 Å². The molecule has 1 fully saturated rings. The van der Waals surface area contributed by atoms with Crippen LogP contribution in [0.15, 0.2) is 24.4 Å². The quantitative estimate of drug-likeness (QED) is 0.822. The molecule has 2 rings (SSSR count). The summed E-state index contributed by atoms with van der Waals surface area (Å²) in [4.78, 5) is 6.70. The van der Waals surface area contributed by atoms with E-state index in [-0.39, 0.29) is 11.5 Å². The van der Waals surface area contributed by atoms with Crippen molar-refractivity contribution in [1.82, 2.24) is 15.2 Å². The van der Waals surface area contributed by atoms with Crippen molar-refractivity contribution in [3.63, 3.8) is 0 Å². The number of hydrogen-bond acceptors (Lipinski definition) is 5. The van der Waals surface area contributed by atoms with Crippen LogP contribution in [0.1, 0.15) is 31.9 Å². The number of hydrogen-bond donors (Lipinski definition) is 1. The second-order valence-corrected chi connectivity index (χ2v) is 8.34. The Morgan fingerprint density at radius 3 is 2.91 bits per heavy atom. The van der Waals surface area contributed by atoms with Crippen LogP contribution in [0.2, 0.25) is 0 Å². The molecule has 0 aromatic carbocycles. The maximum Gasteiger partial charge on any atom is 0.151 e. The standard InChI is InChI=1S/C16H27N3O2S/c1-2-22(20,21)13-12-19(14-15-6-3-4-10-18-15)16-7-5-9-17-11-8-16/h3-4,6,10,16-17H,2,5,7-9,11-14H2,1H3. The molecule has 2 heterocycles. The van der Waals surface area contributed by atoms with Gasteiger partial charge < -0.3 is 5.32 Å². The van der Waals surface area contributed by atoms with Crippen LogP contribution in [0, 0.1) is 0 Å². The first-order valence-corrected chi connectivity index (χ1v) is 9.98. The number of rotatable bonds is 7. The zero-order valence-corrected chi connectivity index (χ0v) is 14.2. The van der Waals surface area contributed by atoms with Gasteiger partial charge in [-0.1, -0.05) is 13.0 Å². The second kappa shape index (κ2) is 8.60. The van der Waals surface area contributed by atoms with Crippen LogP contribution in [0.4, 0.5) is 0 Å². The summed E-state index contributed by atoms with van der Waals surface area (Å²) >= 11 is 0. The molecule has 0 amide bonds. The van der Waals surface area contributed by atoms with Crippen molar-refractivity contribution in [1.29, 1.82) is 0 Å². The Morgan fingerprint density at radius 2 is 2.18 bits per heavy atom. The molecule has 0 saturated carbocycles. The molecule has 0 spiro atoms. The van der Waals surface area contributed by atoms with Gasteiger partial charge in [-0.05, 0) is 44.5 Å². The molecule has 1 aliphatic heterocycles. The minimum atomic E-state index is -2.93. The lowest BCUT2D eigenvalue weighted by molar-refractivity contribution is 0.181. The Labute approximate surface area is 134 Å². The maximum atomic E-state index is 11.9. The summed E-state index contributed by atoms with van der Waals surface area (Å²) in [5.74, 6) is 0.455. The predicted molar refractivity (Wildman–Crippen MR) is 89.5 cm³/mol. The van der Waals surface area contributed by atoms with Crippen molar-refractivity contribution in [2.45, 2.75) is 38.8 Å². The molecule has 1 N–H and O–H groups in total. The van der Waals surface area contributed by atoms with Gasteiger partial charge >= 0.3 is 0 Å². The highest BCUT2D eigenvalue weighted by Crippen LogP contribution is 2.16. The lowest BCUT2D eigenvalue weighted by Crippen LogP contribution is -2.39. The van der Waals surface area contributed by atoms with Crippen LogP contribution < -0.4 is 5.32 Å². The van der Waals surface area contributed by atoms with Crippen LogP contribution in [-0.2, 0) is 16.4 Å². The SMILES string of the molecule is CCS(=O)(=O)CCN(Cc1ccccn1)C1CCCNCC1. The third kappa shape index (κ3) is 5.66. The molecule has 124 valence electrons. The van der Waals surface area contributed by atoms with E-state index >= 15 is 0 Å². The zero-order chi connectivity index (χ0) is 15.8. The number of sulfone groups is 1. The number of pyridine rings is 1. The van der Waals surface area contributed by atoms with Gasteiger partial charge in [-0.25, -0.2) is 8.42 Å². The minimum absolute atomic E-state index is 0.219. The Balaban J connectivity index is 2.05. The Kier molecular flexibility index (Phi) is 6.79. The highest BCUT2D eigenvalue weighted by Gasteiger charge is 2.22. The first-order chi connectivity index (χ1) is 10.6. The molecule has 22 heavy (non-hydrogen) atoms. The van der Waals surface area contributed by atoms with Crippen molar-refractivity contribution in [2.75, 3.05) is 31.1 Å². The van der Waals surface area contributed by atoms with Crippen molar-refractivity contribution in [3.05, 3.63) is 30.1 Å².